The van der Waals surface area contributed by atoms with Crippen molar-refractivity contribution in [3.63, 3.8) is 0 Å². The maximum atomic E-state index is 10.7. The van der Waals surface area contributed by atoms with Gasteiger partial charge in [-0.3, -0.25) is 0 Å². The van der Waals surface area contributed by atoms with E-state index in [9.17, 15) is 4.79 Å². The summed E-state index contributed by atoms with van der Waals surface area (Å²) >= 11 is 3.34. The number of rotatable bonds is 4. The molecule has 0 radical (unpaired) electrons. The average Bonchev–Trinajstić information content (AvgIpc) is 2.48. The molecule has 78 valence electrons. The van der Waals surface area contributed by atoms with Crippen molar-refractivity contribution in [3.05, 3.63) is 22.4 Å². The molecule has 0 amide bonds. The molecule has 0 aliphatic carbocycles. The number of carboxylic acids is 1. The van der Waals surface area contributed by atoms with Crippen LogP contribution in [0.4, 0.5) is 0 Å². The summed E-state index contributed by atoms with van der Waals surface area (Å²) in [6.45, 7) is 5.12. The van der Waals surface area contributed by atoms with Crippen molar-refractivity contribution in [2.75, 3.05) is 0 Å². The molecule has 1 heterocycles. The monoisotopic (exact) mass is 259 g/mol. The summed E-state index contributed by atoms with van der Waals surface area (Å²) in [5.74, 6) is -0.325. The highest BCUT2D eigenvalue weighted by atomic mass is 79.9. The number of nitrogens with zero attached hydrogens (tertiary/aromatic N) is 1. The van der Waals surface area contributed by atoms with Gasteiger partial charge in [0.2, 0.25) is 0 Å². The Morgan fingerprint density at radius 2 is 2.36 bits per heavy atom. The van der Waals surface area contributed by atoms with E-state index in [1.54, 1.807) is 12.3 Å². The molecule has 4 heteroatoms. The number of aromatic nitrogens is 1. The molecular weight excluding hydrogens is 246 g/mol. The van der Waals surface area contributed by atoms with Crippen molar-refractivity contribution >= 4 is 21.9 Å². The zero-order chi connectivity index (χ0) is 10.7. The molecule has 0 saturated heterocycles. The first-order valence-electron chi connectivity index (χ1n) is 4.63. The average molecular weight is 260 g/mol. The molecule has 0 saturated carbocycles. The molecule has 1 N–H and O–H groups in total. The summed E-state index contributed by atoms with van der Waals surface area (Å²) < 4.78 is 2.76. The maximum absolute atomic E-state index is 10.7. The van der Waals surface area contributed by atoms with E-state index in [-0.39, 0.29) is 0 Å². The number of carboxylic acid groups (broad SMARTS) is 1. The zero-order valence-corrected chi connectivity index (χ0v) is 9.91. The van der Waals surface area contributed by atoms with Crippen molar-refractivity contribution < 1.29 is 9.90 Å². The smallest absolute Gasteiger partial charge is 0.337 e. The first-order valence-corrected chi connectivity index (χ1v) is 5.42. The van der Waals surface area contributed by atoms with Crippen molar-refractivity contribution in [1.82, 2.24) is 4.57 Å². The van der Waals surface area contributed by atoms with Crippen LogP contribution in [-0.2, 0) is 6.54 Å². The number of hydrogen-bond donors (Lipinski definition) is 1. The van der Waals surface area contributed by atoms with Gasteiger partial charge in [-0.05, 0) is 27.9 Å². The van der Waals surface area contributed by atoms with E-state index in [4.69, 9.17) is 5.11 Å². The Bertz CT molecular complexity index is 333. The largest absolute Gasteiger partial charge is 0.478 e. The lowest BCUT2D eigenvalue weighted by atomic mass is 10.1. The van der Waals surface area contributed by atoms with Crippen LogP contribution in [0.25, 0.3) is 0 Å². The second-order valence-corrected chi connectivity index (χ2v) is 4.33. The summed E-state index contributed by atoms with van der Waals surface area (Å²) in [5.41, 5.74) is 0.333. The fourth-order valence-corrected chi connectivity index (χ4v) is 1.69. The standard InChI is InChI=1S/C10H14BrNO2/c1-3-7(2)5-12-6-8(10(13)14)4-9(12)11/h4,6-7H,3,5H2,1-2H3,(H,13,14). The molecule has 0 aliphatic heterocycles. The lowest BCUT2D eigenvalue weighted by Gasteiger charge is -2.10. The number of carbonyl (C=O) groups is 1. The summed E-state index contributed by atoms with van der Waals surface area (Å²) in [5, 5.41) is 8.78. The van der Waals surface area contributed by atoms with Gasteiger partial charge in [-0.15, -0.1) is 0 Å². The molecule has 1 aromatic rings. The van der Waals surface area contributed by atoms with Crippen LogP contribution < -0.4 is 0 Å². The molecule has 1 unspecified atom stereocenters. The molecule has 1 aromatic heterocycles. The molecule has 0 bridgehead atoms. The lowest BCUT2D eigenvalue weighted by Crippen LogP contribution is -2.05. The van der Waals surface area contributed by atoms with E-state index in [0.29, 0.717) is 11.5 Å². The van der Waals surface area contributed by atoms with E-state index >= 15 is 0 Å². The first-order chi connectivity index (χ1) is 6.54. The van der Waals surface area contributed by atoms with E-state index in [1.165, 1.54) is 0 Å². The van der Waals surface area contributed by atoms with Crippen LogP contribution >= 0.6 is 15.9 Å². The molecule has 0 aliphatic rings. The Labute approximate surface area is 91.9 Å². The Balaban J connectivity index is 2.82. The minimum atomic E-state index is -0.881. The van der Waals surface area contributed by atoms with Gasteiger partial charge >= 0.3 is 5.97 Å². The van der Waals surface area contributed by atoms with Crippen LogP contribution in [0.3, 0.4) is 0 Å². The highest BCUT2D eigenvalue weighted by Gasteiger charge is 2.10. The minimum Gasteiger partial charge on any atom is -0.478 e. The second kappa shape index (κ2) is 4.64. The third-order valence-corrected chi connectivity index (χ3v) is 2.98. The summed E-state index contributed by atoms with van der Waals surface area (Å²) in [6, 6.07) is 1.63. The van der Waals surface area contributed by atoms with Crippen molar-refractivity contribution in [1.29, 1.82) is 0 Å². The Morgan fingerprint density at radius 3 is 2.79 bits per heavy atom. The SMILES string of the molecule is CCC(C)Cn1cc(C(=O)O)cc1Br. The highest BCUT2D eigenvalue weighted by molar-refractivity contribution is 9.10. The van der Waals surface area contributed by atoms with E-state index in [0.717, 1.165) is 17.6 Å². The van der Waals surface area contributed by atoms with Gasteiger partial charge in [-0.25, -0.2) is 4.79 Å². The maximum Gasteiger partial charge on any atom is 0.337 e. The van der Waals surface area contributed by atoms with Crippen molar-refractivity contribution in [2.24, 2.45) is 5.92 Å². The Hall–Kier alpha value is -0.770. The fourth-order valence-electron chi connectivity index (χ4n) is 1.20. The lowest BCUT2D eigenvalue weighted by molar-refractivity contribution is 0.0697. The molecule has 0 fully saturated rings. The van der Waals surface area contributed by atoms with Crippen LogP contribution in [0.1, 0.15) is 30.6 Å². The van der Waals surface area contributed by atoms with Gasteiger partial charge in [0.05, 0.1) is 10.2 Å². The van der Waals surface area contributed by atoms with E-state index in [2.05, 4.69) is 29.8 Å². The van der Waals surface area contributed by atoms with Gasteiger partial charge in [0, 0.05) is 12.7 Å². The van der Waals surface area contributed by atoms with Gasteiger partial charge in [0.1, 0.15) is 0 Å². The van der Waals surface area contributed by atoms with Crippen LogP contribution in [0.15, 0.2) is 16.9 Å². The molecule has 14 heavy (non-hydrogen) atoms. The van der Waals surface area contributed by atoms with Gasteiger partial charge in [-0.1, -0.05) is 20.3 Å². The van der Waals surface area contributed by atoms with Crippen LogP contribution in [-0.4, -0.2) is 15.6 Å². The molecule has 0 spiro atoms. The topological polar surface area (TPSA) is 42.2 Å². The number of aromatic carboxylic acids is 1. The Morgan fingerprint density at radius 1 is 1.71 bits per heavy atom. The zero-order valence-electron chi connectivity index (χ0n) is 8.33. The molecular formula is C10H14BrNO2. The third kappa shape index (κ3) is 2.61. The van der Waals surface area contributed by atoms with Gasteiger partial charge < -0.3 is 9.67 Å². The molecule has 1 atom stereocenters. The minimum absolute atomic E-state index is 0.333. The summed E-state index contributed by atoms with van der Waals surface area (Å²) in [4.78, 5) is 10.7. The highest BCUT2D eigenvalue weighted by Crippen LogP contribution is 2.18. The van der Waals surface area contributed by atoms with Gasteiger partial charge in [-0.2, -0.15) is 0 Å². The fraction of sp³-hybridized carbons (Fsp3) is 0.500. The first kappa shape index (κ1) is 11.3. The van der Waals surface area contributed by atoms with Gasteiger partial charge in [0.15, 0.2) is 0 Å². The van der Waals surface area contributed by atoms with E-state index in [1.807, 2.05) is 4.57 Å². The molecule has 0 aromatic carbocycles. The summed E-state index contributed by atoms with van der Waals surface area (Å²) in [6.07, 6.45) is 2.76. The normalized spacial score (nSPS) is 12.8. The third-order valence-electron chi connectivity index (χ3n) is 2.30. The Kier molecular flexibility index (Phi) is 3.75. The molecule has 1 rings (SSSR count). The predicted molar refractivity (Wildman–Crippen MR) is 58.5 cm³/mol. The summed E-state index contributed by atoms with van der Waals surface area (Å²) in [7, 11) is 0. The van der Waals surface area contributed by atoms with Crippen LogP contribution in [0, 0.1) is 5.92 Å². The van der Waals surface area contributed by atoms with E-state index < -0.39 is 5.97 Å². The number of hydrogen-bond acceptors (Lipinski definition) is 1. The molecule has 3 nitrogen and oxygen atoms in total. The van der Waals surface area contributed by atoms with Crippen molar-refractivity contribution in [2.45, 2.75) is 26.8 Å². The van der Waals surface area contributed by atoms with Crippen LogP contribution in [0.5, 0.6) is 0 Å². The van der Waals surface area contributed by atoms with Gasteiger partial charge in [0.25, 0.3) is 0 Å². The quantitative estimate of drug-likeness (QED) is 0.904. The second-order valence-electron chi connectivity index (χ2n) is 3.52. The van der Waals surface area contributed by atoms with Crippen molar-refractivity contribution in [3.8, 4) is 0 Å². The number of halogens is 1. The van der Waals surface area contributed by atoms with Crippen LogP contribution in [0.2, 0.25) is 0 Å². The predicted octanol–water partition coefficient (Wildman–Crippen LogP) is 2.99.